The Labute approximate surface area is 149 Å². The highest BCUT2D eigenvalue weighted by atomic mass is 19.1. The zero-order valence-corrected chi connectivity index (χ0v) is 14.3. The van der Waals surface area contributed by atoms with Gasteiger partial charge in [-0.15, -0.1) is 0 Å². The van der Waals surface area contributed by atoms with Crippen molar-refractivity contribution in [2.75, 3.05) is 13.7 Å². The van der Waals surface area contributed by atoms with Crippen LogP contribution in [0.15, 0.2) is 48.5 Å². The average Bonchev–Trinajstić information content (AvgIpc) is 2.86. The van der Waals surface area contributed by atoms with E-state index in [-0.39, 0.29) is 5.56 Å². The van der Waals surface area contributed by atoms with Crippen molar-refractivity contribution in [1.82, 2.24) is 10.2 Å². The summed E-state index contributed by atoms with van der Waals surface area (Å²) in [5, 5.41) is 2.61. The number of hydrogen-bond acceptors (Lipinski definition) is 4. The molecule has 0 aliphatic carbocycles. The monoisotopic (exact) mass is 356 g/mol. The molecule has 1 N–H and O–H groups in total. The minimum Gasteiger partial charge on any atom is -0.497 e. The minimum absolute atomic E-state index is 0.161. The predicted octanol–water partition coefficient (Wildman–Crippen LogP) is 2.48. The van der Waals surface area contributed by atoms with E-state index in [1.807, 2.05) is 0 Å². The quantitative estimate of drug-likeness (QED) is 0.660. The summed E-state index contributed by atoms with van der Waals surface area (Å²) >= 11 is 0. The maximum absolute atomic E-state index is 13.8. The zero-order valence-electron chi connectivity index (χ0n) is 14.3. The van der Waals surface area contributed by atoms with E-state index in [2.05, 4.69) is 5.32 Å². The van der Waals surface area contributed by atoms with Gasteiger partial charge in [-0.1, -0.05) is 24.3 Å². The van der Waals surface area contributed by atoms with Crippen LogP contribution in [0.3, 0.4) is 0 Å². The van der Waals surface area contributed by atoms with Crippen LogP contribution in [0.5, 0.6) is 5.75 Å². The molecule has 0 spiro atoms. The van der Waals surface area contributed by atoms with Crippen molar-refractivity contribution in [3.05, 3.63) is 65.5 Å². The molecular formula is C19H17FN2O4. The number of urea groups is 1. The molecule has 1 fully saturated rings. The number of amides is 3. The molecular weight excluding hydrogens is 339 g/mol. The first-order valence-electron chi connectivity index (χ1n) is 7.93. The Hall–Kier alpha value is -3.22. The molecule has 6 nitrogen and oxygen atoms in total. The smallest absolute Gasteiger partial charge is 0.325 e. The van der Waals surface area contributed by atoms with Gasteiger partial charge in [-0.2, -0.15) is 0 Å². The lowest BCUT2D eigenvalue weighted by Gasteiger charge is -2.22. The molecule has 2 aromatic carbocycles. The van der Waals surface area contributed by atoms with Gasteiger partial charge in [0, 0.05) is 0 Å². The Morgan fingerprint density at radius 3 is 2.42 bits per heavy atom. The highest BCUT2D eigenvalue weighted by Gasteiger charge is 2.49. The van der Waals surface area contributed by atoms with Crippen LogP contribution in [0.1, 0.15) is 22.8 Å². The standard InChI is InChI=1S/C19H17FN2O4/c1-19(12-7-9-13(26-2)10-8-12)17(24)22(18(25)21-19)11-16(23)14-5-3-4-6-15(14)20/h3-10H,11H2,1-2H3,(H,21,25). The number of nitrogens with one attached hydrogen (secondary N) is 1. The topological polar surface area (TPSA) is 75.7 Å². The third kappa shape index (κ3) is 2.92. The van der Waals surface area contributed by atoms with Crippen LogP contribution in [0, 0.1) is 5.82 Å². The summed E-state index contributed by atoms with van der Waals surface area (Å²) in [6, 6.07) is 11.4. The molecule has 0 bridgehead atoms. The number of carbonyl (C=O) groups excluding carboxylic acids is 3. The minimum atomic E-state index is -1.31. The third-order valence-corrected chi connectivity index (χ3v) is 4.42. The second-order valence-electron chi connectivity index (χ2n) is 6.08. The molecule has 1 saturated heterocycles. The summed E-state index contributed by atoms with van der Waals surface area (Å²) < 4.78 is 18.8. The number of rotatable bonds is 5. The number of benzene rings is 2. The number of halogens is 1. The molecule has 7 heteroatoms. The molecule has 3 rings (SSSR count). The third-order valence-electron chi connectivity index (χ3n) is 4.42. The number of ketones is 1. The lowest BCUT2D eigenvalue weighted by atomic mass is 9.92. The maximum Gasteiger partial charge on any atom is 0.325 e. The summed E-state index contributed by atoms with van der Waals surface area (Å²) in [7, 11) is 1.52. The Balaban J connectivity index is 1.84. The molecule has 134 valence electrons. The molecule has 1 aliphatic rings. The van der Waals surface area contributed by atoms with E-state index in [1.165, 1.54) is 25.3 Å². The van der Waals surface area contributed by atoms with Crippen LogP contribution in [-0.4, -0.2) is 36.3 Å². The molecule has 2 aromatic rings. The lowest BCUT2D eigenvalue weighted by molar-refractivity contribution is -0.130. The number of methoxy groups -OCH3 is 1. The molecule has 0 saturated carbocycles. The van der Waals surface area contributed by atoms with Crippen LogP contribution in [0.4, 0.5) is 9.18 Å². The first-order valence-corrected chi connectivity index (χ1v) is 7.93. The summed E-state index contributed by atoms with van der Waals surface area (Å²) in [6.45, 7) is 1.03. The van der Waals surface area contributed by atoms with Gasteiger partial charge in [0.25, 0.3) is 5.91 Å². The Morgan fingerprint density at radius 2 is 1.81 bits per heavy atom. The highest BCUT2D eigenvalue weighted by molar-refractivity contribution is 6.11. The van der Waals surface area contributed by atoms with Gasteiger partial charge < -0.3 is 10.1 Å². The van der Waals surface area contributed by atoms with Crippen LogP contribution >= 0.6 is 0 Å². The molecule has 1 atom stereocenters. The maximum atomic E-state index is 13.8. The van der Waals surface area contributed by atoms with E-state index in [0.717, 1.165) is 11.0 Å². The van der Waals surface area contributed by atoms with Gasteiger partial charge in [-0.05, 0) is 36.8 Å². The molecule has 1 unspecified atom stereocenters. The van der Waals surface area contributed by atoms with E-state index in [4.69, 9.17) is 4.74 Å². The summed E-state index contributed by atoms with van der Waals surface area (Å²) in [6.07, 6.45) is 0. The number of nitrogens with zero attached hydrogens (tertiary/aromatic N) is 1. The van der Waals surface area contributed by atoms with Crippen molar-refractivity contribution in [2.24, 2.45) is 0 Å². The number of ether oxygens (including phenoxy) is 1. The van der Waals surface area contributed by atoms with Crippen molar-refractivity contribution in [1.29, 1.82) is 0 Å². The second-order valence-corrected chi connectivity index (χ2v) is 6.08. The zero-order chi connectivity index (χ0) is 18.9. The Kier molecular flexibility index (Phi) is 4.46. The van der Waals surface area contributed by atoms with E-state index in [9.17, 15) is 18.8 Å². The number of imide groups is 1. The van der Waals surface area contributed by atoms with E-state index < -0.39 is 35.6 Å². The van der Waals surface area contributed by atoms with Gasteiger partial charge >= 0.3 is 6.03 Å². The average molecular weight is 356 g/mol. The number of hydrogen-bond donors (Lipinski definition) is 1. The van der Waals surface area contributed by atoms with Gasteiger partial charge in [0.15, 0.2) is 5.78 Å². The molecule has 3 amide bonds. The lowest BCUT2D eigenvalue weighted by Crippen LogP contribution is -2.41. The van der Waals surface area contributed by atoms with Gasteiger partial charge in [0.05, 0.1) is 19.2 Å². The van der Waals surface area contributed by atoms with E-state index >= 15 is 0 Å². The van der Waals surface area contributed by atoms with Crippen molar-refractivity contribution in [3.8, 4) is 5.75 Å². The van der Waals surface area contributed by atoms with Gasteiger partial charge in [-0.25, -0.2) is 9.18 Å². The predicted molar refractivity (Wildman–Crippen MR) is 91.3 cm³/mol. The first kappa shape index (κ1) is 17.6. The van der Waals surface area contributed by atoms with Gasteiger partial charge in [0.1, 0.15) is 17.1 Å². The van der Waals surface area contributed by atoms with Crippen LogP contribution in [-0.2, 0) is 10.3 Å². The van der Waals surface area contributed by atoms with Gasteiger partial charge in [-0.3, -0.25) is 14.5 Å². The van der Waals surface area contributed by atoms with Crippen LogP contribution in [0.25, 0.3) is 0 Å². The fraction of sp³-hybridized carbons (Fsp3) is 0.211. The SMILES string of the molecule is COc1ccc(C2(C)NC(=O)N(CC(=O)c3ccccc3F)C2=O)cc1. The summed E-state index contributed by atoms with van der Waals surface area (Å²) in [4.78, 5) is 38.2. The van der Waals surface area contributed by atoms with Crippen molar-refractivity contribution in [2.45, 2.75) is 12.5 Å². The second kappa shape index (κ2) is 6.59. The summed E-state index contributed by atoms with van der Waals surface area (Å²) in [5.41, 5.74) is -0.914. The molecule has 0 radical (unpaired) electrons. The van der Waals surface area contributed by atoms with Gasteiger partial charge in [0.2, 0.25) is 0 Å². The largest absolute Gasteiger partial charge is 0.497 e. The fourth-order valence-corrected chi connectivity index (χ4v) is 2.88. The number of Topliss-reactive ketones (excluding diaryl/α,β-unsaturated/α-hetero) is 1. The van der Waals surface area contributed by atoms with Crippen LogP contribution in [0.2, 0.25) is 0 Å². The van der Waals surface area contributed by atoms with Crippen LogP contribution < -0.4 is 10.1 Å². The van der Waals surface area contributed by atoms with Crippen molar-refractivity contribution >= 4 is 17.7 Å². The molecule has 1 heterocycles. The van der Waals surface area contributed by atoms with Crippen molar-refractivity contribution in [3.63, 3.8) is 0 Å². The molecule has 26 heavy (non-hydrogen) atoms. The first-order chi connectivity index (χ1) is 12.4. The van der Waals surface area contributed by atoms with Crippen molar-refractivity contribution < 1.29 is 23.5 Å². The fourth-order valence-electron chi connectivity index (χ4n) is 2.88. The Bertz CT molecular complexity index is 881. The Morgan fingerprint density at radius 1 is 1.15 bits per heavy atom. The summed E-state index contributed by atoms with van der Waals surface area (Å²) in [5.74, 6) is -1.30. The van der Waals surface area contributed by atoms with E-state index in [0.29, 0.717) is 11.3 Å². The highest BCUT2D eigenvalue weighted by Crippen LogP contribution is 2.30. The molecule has 0 aromatic heterocycles. The molecule has 1 aliphatic heterocycles. The van der Waals surface area contributed by atoms with E-state index in [1.54, 1.807) is 31.2 Å². The normalized spacial score (nSPS) is 19.4. The number of carbonyl (C=O) groups is 3.